The van der Waals surface area contributed by atoms with Crippen molar-refractivity contribution in [2.24, 2.45) is 10.9 Å². The molecule has 0 aromatic heterocycles. The maximum Gasteiger partial charge on any atom is 0.271 e. The Morgan fingerprint density at radius 3 is 2.71 bits per heavy atom. The Kier molecular flexibility index (Phi) is 3.24. The number of carbonyl (C=O) groups excluding carboxylic acids is 1. The zero-order valence-electron chi connectivity index (χ0n) is 7.49. The summed E-state index contributed by atoms with van der Waals surface area (Å²) in [6.07, 6.45) is 0. The number of halogens is 1. The van der Waals surface area contributed by atoms with Gasteiger partial charge in [-0.05, 0) is 19.1 Å². The Bertz CT molecular complexity index is 402. The molecule has 1 aromatic carbocycles. The highest BCUT2D eigenvalue weighted by Gasteiger charge is 2.14. The van der Waals surface area contributed by atoms with Crippen LogP contribution in [0.3, 0.4) is 0 Å². The van der Waals surface area contributed by atoms with E-state index in [2.05, 4.69) is 21.1 Å². The lowest BCUT2D eigenvalue weighted by atomic mass is 10.1. The molecule has 3 N–H and O–H groups in total. The van der Waals surface area contributed by atoms with Gasteiger partial charge in [-0.3, -0.25) is 4.79 Å². The molecule has 1 aromatic rings. The van der Waals surface area contributed by atoms with E-state index in [-0.39, 0.29) is 5.71 Å². The third-order valence-corrected chi connectivity index (χ3v) is 2.40. The van der Waals surface area contributed by atoms with E-state index in [1.165, 1.54) is 0 Å². The second-order valence-electron chi connectivity index (χ2n) is 2.80. The Balaban J connectivity index is 3.30. The molecule has 0 unspecified atom stereocenters. The highest BCUT2D eigenvalue weighted by Crippen LogP contribution is 2.18. The minimum atomic E-state index is -0.765. The first-order chi connectivity index (χ1) is 6.56. The molecule has 0 saturated carbocycles. The number of rotatable bonds is 2. The molecule has 0 saturated heterocycles. The average Bonchev–Trinajstić information content (AvgIpc) is 2.11. The van der Waals surface area contributed by atoms with Crippen molar-refractivity contribution in [3.8, 4) is 0 Å². The lowest BCUT2D eigenvalue weighted by molar-refractivity contribution is -0.112. The zero-order chi connectivity index (χ0) is 10.7. The van der Waals surface area contributed by atoms with Crippen LogP contribution in [-0.4, -0.2) is 16.8 Å². The number of hydrogen-bond donors (Lipinski definition) is 2. The zero-order valence-corrected chi connectivity index (χ0v) is 9.08. The fourth-order valence-corrected chi connectivity index (χ4v) is 1.49. The number of carbonyl (C=O) groups is 1. The van der Waals surface area contributed by atoms with Gasteiger partial charge in [0.05, 0.1) is 0 Å². The van der Waals surface area contributed by atoms with Gasteiger partial charge < -0.3 is 10.9 Å². The maximum atomic E-state index is 10.9. The molecule has 1 amide bonds. The molecule has 14 heavy (non-hydrogen) atoms. The highest BCUT2D eigenvalue weighted by atomic mass is 79.9. The number of benzene rings is 1. The number of amides is 1. The maximum absolute atomic E-state index is 10.9. The van der Waals surface area contributed by atoms with Gasteiger partial charge in [0.15, 0.2) is 5.71 Å². The molecular weight excluding hydrogens is 248 g/mol. The molecule has 0 bridgehead atoms. The van der Waals surface area contributed by atoms with Crippen LogP contribution in [0, 0.1) is 6.92 Å². The molecule has 0 spiro atoms. The van der Waals surface area contributed by atoms with Crippen molar-refractivity contribution in [3.63, 3.8) is 0 Å². The molecule has 0 aliphatic heterocycles. The van der Waals surface area contributed by atoms with Crippen molar-refractivity contribution in [3.05, 3.63) is 33.8 Å². The van der Waals surface area contributed by atoms with Gasteiger partial charge in [-0.1, -0.05) is 32.7 Å². The SMILES string of the molecule is Cc1ccc(Br)c(/C(=N/O)C(N)=O)c1. The van der Waals surface area contributed by atoms with E-state index in [9.17, 15) is 4.79 Å². The second-order valence-corrected chi connectivity index (χ2v) is 3.65. The van der Waals surface area contributed by atoms with Gasteiger partial charge in [-0.25, -0.2) is 0 Å². The summed E-state index contributed by atoms with van der Waals surface area (Å²) < 4.78 is 0.662. The van der Waals surface area contributed by atoms with Crippen LogP contribution in [0.2, 0.25) is 0 Å². The highest BCUT2D eigenvalue weighted by molar-refractivity contribution is 9.10. The summed E-state index contributed by atoms with van der Waals surface area (Å²) in [6.45, 7) is 1.87. The topological polar surface area (TPSA) is 75.7 Å². The minimum absolute atomic E-state index is 0.152. The van der Waals surface area contributed by atoms with Gasteiger partial charge in [-0.2, -0.15) is 0 Å². The summed E-state index contributed by atoms with van der Waals surface area (Å²) in [6, 6.07) is 5.34. The summed E-state index contributed by atoms with van der Waals surface area (Å²) in [7, 11) is 0. The molecule has 0 aliphatic rings. The lowest BCUT2D eigenvalue weighted by Gasteiger charge is -2.04. The quantitative estimate of drug-likeness (QED) is 0.477. The van der Waals surface area contributed by atoms with Crippen molar-refractivity contribution in [1.82, 2.24) is 0 Å². The first kappa shape index (κ1) is 10.7. The summed E-state index contributed by atoms with van der Waals surface area (Å²) in [5.74, 6) is -0.765. The van der Waals surface area contributed by atoms with Crippen molar-refractivity contribution < 1.29 is 10.0 Å². The van der Waals surface area contributed by atoms with E-state index in [1.54, 1.807) is 12.1 Å². The fraction of sp³-hybridized carbons (Fsp3) is 0.111. The molecule has 5 heteroatoms. The largest absolute Gasteiger partial charge is 0.410 e. The first-order valence-corrected chi connectivity index (χ1v) is 4.64. The van der Waals surface area contributed by atoms with E-state index in [0.29, 0.717) is 10.0 Å². The lowest BCUT2D eigenvalue weighted by Crippen LogP contribution is -2.24. The van der Waals surface area contributed by atoms with E-state index < -0.39 is 5.91 Å². The smallest absolute Gasteiger partial charge is 0.271 e. The van der Waals surface area contributed by atoms with Crippen molar-refractivity contribution in [1.29, 1.82) is 0 Å². The van der Waals surface area contributed by atoms with Gasteiger partial charge in [0.25, 0.3) is 5.91 Å². The van der Waals surface area contributed by atoms with Crippen LogP contribution in [0.25, 0.3) is 0 Å². The molecule has 0 heterocycles. The third kappa shape index (κ3) is 2.11. The Hall–Kier alpha value is -1.36. The predicted molar refractivity (Wildman–Crippen MR) is 56.4 cm³/mol. The number of oxime groups is 1. The van der Waals surface area contributed by atoms with Gasteiger partial charge in [0, 0.05) is 10.0 Å². The summed E-state index contributed by atoms with van der Waals surface area (Å²) in [4.78, 5) is 10.9. The molecule has 0 atom stereocenters. The molecule has 0 fully saturated rings. The van der Waals surface area contributed by atoms with Crippen LogP contribution in [0.5, 0.6) is 0 Å². The van der Waals surface area contributed by atoms with Crippen LogP contribution in [0.4, 0.5) is 0 Å². The second kappa shape index (κ2) is 4.23. The molecular formula is C9H9BrN2O2. The van der Waals surface area contributed by atoms with Gasteiger partial charge >= 0.3 is 0 Å². The predicted octanol–water partition coefficient (Wildman–Crippen LogP) is 1.42. The first-order valence-electron chi connectivity index (χ1n) is 3.84. The molecule has 1 rings (SSSR count). The Morgan fingerprint density at radius 1 is 1.57 bits per heavy atom. The number of primary amides is 1. The minimum Gasteiger partial charge on any atom is -0.410 e. The monoisotopic (exact) mass is 256 g/mol. The van der Waals surface area contributed by atoms with E-state index >= 15 is 0 Å². The fourth-order valence-electron chi connectivity index (χ4n) is 1.06. The summed E-state index contributed by atoms with van der Waals surface area (Å²) in [5, 5.41) is 11.5. The van der Waals surface area contributed by atoms with Crippen LogP contribution in [0.1, 0.15) is 11.1 Å². The summed E-state index contributed by atoms with van der Waals surface area (Å²) >= 11 is 3.24. The van der Waals surface area contributed by atoms with Crippen molar-refractivity contribution in [2.75, 3.05) is 0 Å². The Morgan fingerprint density at radius 2 is 2.21 bits per heavy atom. The van der Waals surface area contributed by atoms with Crippen molar-refractivity contribution in [2.45, 2.75) is 6.92 Å². The van der Waals surface area contributed by atoms with Crippen LogP contribution in [0.15, 0.2) is 27.8 Å². The number of aryl methyl sites for hydroxylation is 1. The molecule has 74 valence electrons. The number of nitrogens with zero attached hydrogens (tertiary/aromatic N) is 1. The normalized spacial score (nSPS) is 11.4. The van der Waals surface area contributed by atoms with Crippen molar-refractivity contribution >= 4 is 27.5 Å². The van der Waals surface area contributed by atoms with E-state index in [1.807, 2.05) is 13.0 Å². The third-order valence-electron chi connectivity index (χ3n) is 1.71. The molecule has 4 nitrogen and oxygen atoms in total. The van der Waals surface area contributed by atoms with Gasteiger partial charge in [0.1, 0.15) is 0 Å². The van der Waals surface area contributed by atoms with Gasteiger partial charge in [-0.15, -0.1) is 0 Å². The molecule has 0 radical (unpaired) electrons. The standard InChI is InChI=1S/C9H9BrN2O2/c1-5-2-3-7(10)6(4-5)8(12-14)9(11)13/h2-4,14H,1H3,(H2,11,13)/b12-8-. The number of nitrogens with two attached hydrogens (primary N) is 1. The van der Waals surface area contributed by atoms with Gasteiger partial charge in [0.2, 0.25) is 0 Å². The summed E-state index contributed by atoms with van der Waals surface area (Å²) in [5.41, 5.74) is 6.33. The molecule has 0 aliphatic carbocycles. The van der Waals surface area contributed by atoms with Crippen LogP contribution < -0.4 is 5.73 Å². The van der Waals surface area contributed by atoms with E-state index in [0.717, 1.165) is 5.56 Å². The Labute approximate surface area is 89.5 Å². The van der Waals surface area contributed by atoms with E-state index in [4.69, 9.17) is 10.9 Å². The van der Waals surface area contributed by atoms with Crippen LogP contribution >= 0.6 is 15.9 Å². The average molecular weight is 257 g/mol. The van der Waals surface area contributed by atoms with Crippen LogP contribution in [-0.2, 0) is 4.79 Å². The number of hydrogen-bond acceptors (Lipinski definition) is 3.